The molecule has 0 aliphatic rings. The zero-order valence-electron chi connectivity index (χ0n) is 14.4. The van der Waals surface area contributed by atoms with Crippen LogP contribution < -0.4 is 5.32 Å². The Labute approximate surface area is 152 Å². The first-order valence-corrected chi connectivity index (χ1v) is 8.24. The molecule has 26 heavy (non-hydrogen) atoms. The van der Waals surface area contributed by atoms with E-state index in [4.69, 9.17) is 5.26 Å². The Morgan fingerprint density at radius 3 is 2.23 bits per heavy atom. The lowest BCUT2D eigenvalue weighted by atomic mass is 10.0. The molecule has 3 rings (SSSR count). The fourth-order valence-corrected chi connectivity index (χ4v) is 2.73. The van der Waals surface area contributed by atoms with Gasteiger partial charge in [0.25, 0.3) is 0 Å². The van der Waals surface area contributed by atoms with Gasteiger partial charge in [0.05, 0.1) is 23.9 Å². The Morgan fingerprint density at radius 1 is 1.04 bits per heavy atom. The molecule has 1 heterocycles. The van der Waals surface area contributed by atoms with Crippen LogP contribution in [0.1, 0.15) is 22.4 Å². The third-order valence-corrected chi connectivity index (χ3v) is 4.30. The quantitative estimate of drug-likeness (QED) is 0.655. The first-order valence-electron chi connectivity index (χ1n) is 8.24. The number of nitrogens with zero attached hydrogens (tertiary/aromatic N) is 2. The van der Waals surface area contributed by atoms with E-state index in [0.717, 1.165) is 22.4 Å². The second kappa shape index (κ2) is 7.68. The molecule has 0 fully saturated rings. The number of aromatic nitrogens is 1. The van der Waals surface area contributed by atoms with Crippen LogP contribution in [0, 0.1) is 18.3 Å². The number of pyridine rings is 1. The largest absolute Gasteiger partial charge is 0.506 e. The second-order valence-electron chi connectivity index (χ2n) is 5.97. The first-order chi connectivity index (χ1) is 12.6. The highest BCUT2D eigenvalue weighted by molar-refractivity contribution is 5.66. The fourth-order valence-electron chi connectivity index (χ4n) is 2.73. The Morgan fingerprint density at radius 2 is 1.65 bits per heavy atom. The third kappa shape index (κ3) is 3.66. The van der Waals surface area contributed by atoms with Crippen molar-refractivity contribution in [1.29, 1.82) is 5.26 Å². The van der Waals surface area contributed by atoms with Gasteiger partial charge in [-0.1, -0.05) is 24.3 Å². The molecule has 1 aromatic heterocycles. The van der Waals surface area contributed by atoms with E-state index in [1.807, 2.05) is 36.4 Å². The summed E-state index contributed by atoms with van der Waals surface area (Å²) in [6.45, 7) is 1.92. The van der Waals surface area contributed by atoms with Crippen LogP contribution in [0.3, 0.4) is 0 Å². The van der Waals surface area contributed by atoms with Gasteiger partial charge < -0.3 is 15.5 Å². The van der Waals surface area contributed by atoms with Crippen LogP contribution >= 0.6 is 0 Å². The van der Waals surface area contributed by atoms with Crippen molar-refractivity contribution in [2.45, 2.75) is 20.1 Å². The molecule has 0 aliphatic heterocycles. The summed E-state index contributed by atoms with van der Waals surface area (Å²) >= 11 is 0. The molecule has 5 heteroatoms. The molecule has 0 amide bonds. The number of hydrogen-bond acceptors (Lipinski definition) is 5. The van der Waals surface area contributed by atoms with Crippen molar-refractivity contribution in [1.82, 2.24) is 4.98 Å². The molecular formula is C21H19N3O2. The minimum absolute atomic E-state index is 0.0444. The van der Waals surface area contributed by atoms with Crippen molar-refractivity contribution in [3.05, 3.63) is 77.1 Å². The van der Waals surface area contributed by atoms with Gasteiger partial charge in [-0.25, -0.2) is 0 Å². The van der Waals surface area contributed by atoms with Crippen molar-refractivity contribution < 1.29 is 10.2 Å². The van der Waals surface area contributed by atoms with E-state index in [9.17, 15) is 10.2 Å². The van der Waals surface area contributed by atoms with Gasteiger partial charge in [0.2, 0.25) is 0 Å². The number of aliphatic hydroxyl groups is 1. The number of nitrogens with one attached hydrogen (secondary N) is 1. The lowest BCUT2D eigenvalue weighted by Crippen LogP contribution is -2.05. The third-order valence-electron chi connectivity index (χ3n) is 4.30. The van der Waals surface area contributed by atoms with Gasteiger partial charge in [-0.2, -0.15) is 5.26 Å². The van der Waals surface area contributed by atoms with E-state index in [2.05, 4.69) is 16.4 Å². The van der Waals surface area contributed by atoms with E-state index >= 15 is 0 Å². The summed E-state index contributed by atoms with van der Waals surface area (Å²) in [7, 11) is 0. The van der Waals surface area contributed by atoms with Gasteiger partial charge in [0.15, 0.2) is 0 Å². The van der Waals surface area contributed by atoms with Crippen LogP contribution in [0.25, 0.3) is 11.1 Å². The minimum atomic E-state index is -0.232. The smallest absolute Gasteiger partial charge is 0.142 e. The second-order valence-corrected chi connectivity index (χ2v) is 5.97. The van der Waals surface area contributed by atoms with E-state index in [-0.39, 0.29) is 12.4 Å². The maximum Gasteiger partial charge on any atom is 0.142 e. The standard InChI is InChI=1S/C21H19N3O2/c1-14-21(26)20(13-25)18(11-23-14)12-24-19-8-6-17(7-9-19)16-4-2-15(10-22)3-5-16/h2-9,11,24-26H,12-13H2,1H3. The predicted molar refractivity (Wildman–Crippen MR) is 100 cm³/mol. The molecular weight excluding hydrogens is 326 g/mol. The number of anilines is 1. The SMILES string of the molecule is Cc1ncc(CNc2ccc(-c3ccc(C#N)cc3)cc2)c(CO)c1O. The average molecular weight is 345 g/mol. The Hall–Kier alpha value is -3.36. The van der Waals surface area contributed by atoms with Crippen molar-refractivity contribution in [2.75, 3.05) is 5.32 Å². The number of aliphatic hydroxyl groups excluding tert-OH is 1. The molecule has 0 saturated heterocycles. The van der Waals surface area contributed by atoms with Crippen LogP contribution in [-0.2, 0) is 13.2 Å². The average Bonchev–Trinajstić information content (AvgIpc) is 2.69. The van der Waals surface area contributed by atoms with Gasteiger partial charge in [0, 0.05) is 24.0 Å². The lowest BCUT2D eigenvalue weighted by molar-refractivity contribution is 0.273. The Bertz CT molecular complexity index is 943. The number of nitriles is 1. The highest BCUT2D eigenvalue weighted by atomic mass is 16.3. The minimum Gasteiger partial charge on any atom is -0.506 e. The van der Waals surface area contributed by atoms with E-state index in [1.165, 1.54) is 0 Å². The van der Waals surface area contributed by atoms with Crippen molar-refractivity contribution in [2.24, 2.45) is 0 Å². The summed E-state index contributed by atoms with van der Waals surface area (Å²) in [5.41, 5.74) is 5.43. The monoisotopic (exact) mass is 345 g/mol. The van der Waals surface area contributed by atoms with Crippen LogP contribution in [0.2, 0.25) is 0 Å². The molecule has 0 bridgehead atoms. The summed E-state index contributed by atoms with van der Waals surface area (Å²) in [4.78, 5) is 4.14. The molecule has 3 N–H and O–H groups in total. The van der Waals surface area contributed by atoms with Crippen molar-refractivity contribution in [3.63, 3.8) is 0 Å². The van der Waals surface area contributed by atoms with E-state index in [0.29, 0.717) is 23.4 Å². The molecule has 2 aromatic carbocycles. The molecule has 0 spiro atoms. The van der Waals surface area contributed by atoms with Gasteiger partial charge in [-0.3, -0.25) is 4.98 Å². The van der Waals surface area contributed by atoms with Crippen LogP contribution in [0.5, 0.6) is 5.75 Å². The summed E-state index contributed by atoms with van der Waals surface area (Å²) in [5.74, 6) is 0.0444. The number of benzene rings is 2. The van der Waals surface area contributed by atoms with Gasteiger partial charge >= 0.3 is 0 Å². The van der Waals surface area contributed by atoms with Gasteiger partial charge in [0.1, 0.15) is 5.75 Å². The van der Waals surface area contributed by atoms with Gasteiger partial charge in [-0.15, -0.1) is 0 Å². The maximum atomic E-state index is 10.0. The highest BCUT2D eigenvalue weighted by Gasteiger charge is 2.10. The van der Waals surface area contributed by atoms with E-state index < -0.39 is 0 Å². The molecule has 0 saturated carbocycles. The Balaban J connectivity index is 1.72. The fraction of sp³-hybridized carbons (Fsp3) is 0.143. The molecule has 3 aromatic rings. The number of rotatable bonds is 5. The topological polar surface area (TPSA) is 89.2 Å². The van der Waals surface area contributed by atoms with Crippen LogP contribution in [0.15, 0.2) is 54.7 Å². The normalized spacial score (nSPS) is 10.3. The van der Waals surface area contributed by atoms with Crippen LogP contribution in [0.4, 0.5) is 5.69 Å². The number of hydrogen-bond donors (Lipinski definition) is 3. The van der Waals surface area contributed by atoms with E-state index in [1.54, 1.807) is 25.3 Å². The molecule has 0 atom stereocenters. The summed E-state index contributed by atoms with van der Waals surface area (Å²) in [6.07, 6.45) is 1.67. The lowest BCUT2D eigenvalue weighted by Gasteiger charge is -2.13. The predicted octanol–water partition coefficient (Wildman–Crippen LogP) is 3.74. The molecule has 0 unspecified atom stereocenters. The summed E-state index contributed by atoms with van der Waals surface area (Å²) in [5, 5.41) is 31.6. The van der Waals surface area contributed by atoms with Gasteiger partial charge in [-0.05, 0) is 47.9 Å². The highest BCUT2D eigenvalue weighted by Crippen LogP contribution is 2.25. The summed E-state index contributed by atoms with van der Waals surface area (Å²) < 4.78 is 0. The molecule has 5 nitrogen and oxygen atoms in total. The van der Waals surface area contributed by atoms with Crippen LogP contribution in [-0.4, -0.2) is 15.2 Å². The molecule has 0 radical (unpaired) electrons. The van der Waals surface area contributed by atoms with Crippen molar-refractivity contribution >= 4 is 5.69 Å². The molecule has 130 valence electrons. The molecule has 0 aliphatic carbocycles. The van der Waals surface area contributed by atoms with Crippen molar-refractivity contribution in [3.8, 4) is 22.9 Å². The summed E-state index contributed by atoms with van der Waals surface area (Å²) in [6, 6.07) is 17.5. The number of aromatic hydroxyl groups is 1. The number of aryl methyl sites for hydroxylation is 1. The Kier molecular flexibility index (Phi) is 5.16. The zero-order chi connectivity index (χ0) is 18.5. The maximum absolute atomic E-state index is 10.0. The first kappa shape index (κ1) is 17.5. The zero-order valence-corrected chi connectivity index (χ0v) is 14.4.